The summed E-state index contributed by atoms with van der Waals surface area (Å²) < 4.78 is 15.6. The number of phenols is 1. The van der Waals surface area contributed by atoms with Gasteiger partial charge < -0.3 is 19.9 Å². The molecule has 1 saturated carbocycles. The molecule has 3 aliphatic rings. The summed E-state index contributed by atoms with van der Waals surface area (Å²) in [5.41, 5.74) is 0.887. The van der Waals surface area contributed by atoms with Crippen LogP contribution in [-0.2, 0) is 7.05 Å². The van der Waals surface area contributed by atoms with E-state index in [-0.39, 0.29) is 28.0 Å². The van der Waals surface area contributed by atoms with Crippen molar-refractivity contribution in [2.45, 2.75) is 82.0 Å². The number of anilines is 1. The van der Waals surface area contributed by atoms with Crippen molar-refractivity contribution in [2.75, 3.05) is 4.90 Å². The van der Waals surface area contributed by atoms with E-state index in [1.165, 1.54) is 43.0 Å². The van der Waals surface area contributed by atoms with Gasteiger partial charge in [-0.3, -0.25) is 4.79 Å². The van der Waals surface area contributed by atoms with Crippen molar-refractivity contribution in [3.05, 3.63) is 52.8 Å². The normalized spacial score (nSPS) is 27.2. The molecule has 1 unspecified atom stereocenters. The highest BCUT2D eigenvalue weighted by Crippen LogP contribution is 2.45. The lowest BCUT2D eigenvalue weighted by atomic mass is 9.69. The van der Waals surface area contributed by atoms with E-state index in [0.717, 1.165) is 37.7 Å². The van der Waals surface area contributed by atoms with Gasteiger partial charge in [-0.2, -0.15) is 0 Å². The Labute approximate surface area is 215 Å². The molecule has 2 saturated heterocycles. The molecular weight excluding hydrogens is 471 g/mol. The molecule has 0 spiro atoms. The van der Waals surface area contributed by atoms with Crippen LogP contribution in [-0.4, -0.2) is 48.0 Å². The number of aromatic hydroxyl groups is 1. The average molecular weight is 505 g/mol. The molecule has 3 fully saturated rings. The molecule has 4 heterocycles. The molecule has 2 aliphatic heterocycles. The van der Waals surface area contributed by atoms with Crippen LogP contribution in [0.3, 0.4) is 0 Å². The summed E-state index contributed by atoms with van der Waals surface area (Å²) in [5, 5.41) is 23.6. The molecule has 0 amide bonds. The van der Waals surface area contributed by atoms with E-state index in [4.69, 9.17) is 0 Å². The van der Waals surface area contributed by atoms with E-state index in [9.17, 15) is 14.3 Å². The van der Waals surface area contributed by atoms with Crippen molar-refractivity contribution in [1.82, 2.24) is 25.1 Å². The lowest BCUT2D eigenvalue weighted by Gasteiger charge is -2.55. The lowest BCUT2D eigenvalue weighted by molar-refractivity contribution is 0.0766. The fourth-order valence-electron chi connectivity index (χ4n) is 6.58. The van der Waals surface area contributed by atoms with Gasteiger partial charge in [-0.15, -0.1) is 10.2 Å². The summed E-state index contributed by atoms with van der Waals surface area (Å²) >= 11 is 0. The number of benzene rings is 1. The fraction of sp³-hybridized carbons (Fsp3) is 0.500. The van der Waals surface area contributed by atoms with Gasteiger partial charge in [0.15, 0.2) is 11.6 Å². The topological polar surface area (TPSA) is 96.2 Å². The minimum absolute atomic E-state index is 0.0989. The van der Waals surface area contributed by atoms with Gasteiger partial charge in [-0.1, -0.05) is 6.07 Å². The van der Waals surface area contributed by atoms with E-state index < -0.39 is 5.82 Å². The van der Waals surface area contributed by atoms with Crippen LogP contribution in [0.25, 0.3) is 22.5 Å². The summed E-state index contributed by atoms with van der Waals surface area (Å²) in [5.74, 6) is 0.440. The van der Waals surface area contributed by atoms with Gasteiger partial charge in [0.25, 0.3) is 5.56 Å². The summed E-state index contributed by atoms with van der Waals surface area (Å²) in [6.07, 6.45) is 11.0. The second kappa shape index (κ2) is 8.62. The standard InChI is InChI=1S/C28H33FN6O2/c1-27-9-4-10-28(2,33-27)14-19(13-27)35(18-6-7-18)24-15-30-26(32-31-24)20-8-5-17(11-23(20)36)21-12-25(37)34(3)16-22(21)29/h5,8,11-12,15-16,18-19,33,36H,4,6-7,9-10,13-14H2,1-3H3/t19?,27-,28+. The maximum atomic E-state index is 14.5. The molecule has 6 rings (SSSR count). The number of hydrogen-bond acceptors (Lipinski definition) is 7. The first-order chi connectivity index (χ1) is 17.6. The molecule has 1 aromatic carbocycles. The average Bonchev–Trinajstić information content (AvgIpc) is 3.66. The molecule has 8 nitrogen and oxygen atoms in total. The highest BCUT2D eigenvalue weighted by molar-refractivity contribution is 5.73. The summed E-state index contributed by atoms with van der Waals surface area (Å²) in [6, 6.07) is 6.78. The lowest BCUT2D eigenvalue weighted by Crippen LogP contribution is -2.67. The molecule has 1 aliphatic carbocycles. The van der Waals surface area contributed by atoms with Crippen molar-refractivity contribution in [1.29, 1.82) is 0 Å². The number of aromatic nitrogens is 4. The Kier molecular flexibility index (Phi) is 5.60. The van der Waals surface area contributed by atoms with Crippen LogP contribution >= 0.6 is 0 Å². The third-order valence-corrected chi connectivity index (χ3v) is 8.31. The van der Waals surface area contributed by atoms with E-state index in [2.05, 4.69) is 39.2 Å². The second-order valence-corrected chi connectivity index (χ2v) is 11.7. The molecule has 3 atom stereocenters. The Morgan fingerprint density at radius 2 is 1.81 bits per heavy atom. The number of halogens is 1. The van der Waals surface area contributed by atoms with Crippen molar-refractivity contribution in [2.24, 2.45) is 7.05 Å². The predicted octanol–water partition coefficient (Wildman–Crippen LogP) is 4.17. The third-order valence-electron chi connectivity index (χ3n) is 8.31. The maximum Gasteiger partial charge on any atom is 0.251 e. The fourth-order valence-corrected chi connectivity index (χ4v) is 6.58. The predicted molar refractivity (Wildman–Crippen MR) is 140 cm³/mol. The van der Waals surface area contributed by atoms with Crippen LogP contribution in [0, 0.1) is 5.82 Å². The Hall–Kier alpha value is -3.33. The van der Waals surface area contributed by atoms with Crippen molar-refractivity contribution < 1.29 is 9.50 Å². The number of aryl methyl sites for hydroxylation is 1. The number of hydrogen-bond donors (Lipinski definition) is 2. The van der Waals surface area contributed by atoms with Gasteiger partial charge in [0.1, 0.15) is 11.6 Å². The number of rotatable bonds is 5. The monoisotopic (exact) mass is 504 g/mol. The minimum atomic E-state index is -0.540. The van der Waals surface area contributed by atoms with Gasteiger partial charge >= 0.3 is 0 Å². The Morgan fingerprint density at radius 3 is 2.43 bits per heavy atom. The number of phenolic OH excluding ortho intramolecular Hbond substituents is 1. The van der Waals surface area contributed by atoms with Gasteiger partial charge in [-0.05, 0) is 76.5 Å². The Balaban J connectivity index is 1.27. The van der Waals surface area contributed by atoms with Crippen LogP contribution in [0.5, 0.6) is 5.75 Å². The molecule has 3 aromatic rings. The van der Waals surface area contributed by atoms with Crippen LogP contribution in [0.4, 0.5) is 10.2 Å². The number of nitrogens with zero attached hydrogens (tertiary/aromatic N) is 5. The van der Waals surface area contributed by atoms with Gasteiger partial charge in [0, 0.05) is 48.0 Å². The van der Waals surface area contributed by atoms with E-state index in [1.54, 1.807) is 18.3 Å². The van der Waals surface area contributed by atoms with E-state index >= 15 is 0 Å². The summed E-state index contributed by atoms with van der Waals surface area (Å²) in [6.45, 7) is 4.70. The van der Waals surface area contributed by atoms with Crippen LogP contribution < -0.4 is 15.8 Å². The van der Waals surface area contributed by atoms with Crippen LogP contribution in [0.1, 0.15) is 58.8 Å². The van der Waals surface area contributed by atoms with Gasteiger partial charge in [0.2, 0.25) is 0 Å². The summed E-state index contributed by atoms with van der Waals surface area (Å²) in [7, 11) is 1.49. The first-order valence-corrected chi connectivity index (χ1v) is 13.1. The number of fused-ring (bicyclic) bond motifs is 2. The summed E-state index contributed by atoms with van der Waals surface area (Å²) in [4.78, 5) is 19.0. The largest absolute Gasteiger partial charge is 0.507 e. The first-order valence-electron chi connectivity index (χ1n) is 13.1. The zero-order valence-electron chi connectivity index (χ0n) is 21.5. The first kappa shape index (κ1) is 24.0. The highest BCUT2D eigenvalue weighted by Gasteiger charge is 2.49. The quantitative estimate of drug-likeness (QED) is 0.538. The number of piperidine rings is 2. The van der Waals surface area contributed by atoms with Crippen molar-refractivity contribution >= 4 is 5.82 Å². The molecule has 2 N–H and O–H groups in total. The molecule has 2 bridgehead atoms. The SMILES string of the molecule is Cn1cc(F)c(-c2ccc(-c3ncc(N(C4CC4)C4C[C@]5(C)CCC[C@](C)(C4)N5)nn3)c(O)c2)cc1=O. The zero-order chi connectivity index (χ0) is 25.9. The van der Waals surface area contributed by atoms with Crippen LogP contribution in [0.2, 0.25) is 0 Å². The molecule has 9 heteroatoms. The molecule has 2 aromatic heterocycles. The van der Waals surface area contributed by atoms with E-state index in [1.807, 2.05) is 0 Å². The van der Waals surface area contributed by atoms with Crippen LogP contribution in [0.15, 0.2) is 41.5 Å². The van der Waals surface area contributed by atoms with Crippen molar-refractivity contribution in [3.8, 4) is 28.3 Å². The zero-order valence-corrected chi connectivity index (χ0v) is 21.5. The maximum absolute atomic E-state index is 14.5. The number of nitrogens with one attached hydrogen (secondary N) is 1. The molecular formula is C28H33FN6O2. The second-order valence-electron chi connectivity index (χ2n) is 11.7. The third kappa shape index (κ3) is 4.50. The smallest absolute Gasteiger partial charge is 0.251 e. The highest BCUT2D eigenvalue weighted by atomic mass is 19.1. The Morgan fingerprint density at radius 1 is 1.08 bits per heavy atom. The minimum Gasteiger partial charge on any atom is -0.507 e. The van der Waals surface area contributed by atoms with E-state index in [0.29, 0.717) is 29.0 Å². The van der Waals surface area contributed by atoms with Gasteiger partial charge in [0.05, 0.1) is 11.8 Å². The molecule has 0 radical (unpaired) electrons. The number of pyridine rings is 1. The Bertz CT molecular complexity index is 1390. The molecule has 194 valence electrons. The molecule has 37 heavy (non-hydrogen) atoms. The van der Waals surface area contributed by atoms with Gasteiger partial charge in [-0.25, -0.2) is 9.37 Å². The van der Waals surface area contributed by atoms with Crippen molar-refractivity contribution in [3.63, 3.8) is 0 Å².